The highest BCUT2D eigenvalue weighted by molar-refractivity contribution is 7.11. The standard InChI is InChI=1S/C9H13NS/c1-7-2-3-9(11-7)4-8-5-10-6-8/h2-3,8,10H,4-6H2,1H3. The van der Waals surface area contributed by atoms with Gasteiger partial charge in [-0.05, 0) is 44.5 Å². The predicted octanol–water partition coefficient (Wildman–Crippen LogP) is 1.82. The maximum Gasteiger partial charge on any atom is 0.00517 e. The molecule has 1 aromatic rings. The Morgan fingerprint density at radius 1 is 1.55 bits per heavy atom. The minimum atomic E-state index is 0.910. The van der Waals surface area contributed by atoms with Crippen LogP contribution in [0.4, 0.5) is 0 Å². The molecule has 11 heavy (non-hydrogen) atoms. The van der Waals surface area contributed by atoms with Gasteiger partial charge in [0.2, 0.25) is 0 Å². The number of rotatable bonds is 2. The quantitative estimate of drug-likeness (QED) is 0.708. The van der Waals surface area contributed by atoms with Gasteiger partial charge in [-0.3, -0.25) is 0 Å². The zero-order valence-electron chi connectivity index (χ0n) is 6.76. The van der Waals surface area contributed by atoms with Crippen molar-refractivity contribution in [3.8, 4) is 0 Å². The van der Waals surface area contributed by atoms with E-state index in [-0.39, 0.29) is 0 Å². The second-order valence-corrected chi connectivity index (χ2v) is 4.61. The number of hydrogen-bond acceptors (Lipinski definition) is 2. The zero-order valence-corrected chi connectivity index (χ0v) is 7.58. The minimum absolute atomic E-state index is 0.910. The molecule has 1 N–H and O–H groups in total. The lowest BCUT2D eigenvalue weighted by Gasteiger charge is -2.26. The van der Waals surface area contributed by atoms with Crippen LogP contribution in [0.2, 0.25) is 0 Å². The van der Waals surface area contributed by atoms with E-state index in [9.17, 15) is 0 Å². The maximum absolute atomic E-state index is 3.29. The normalized spacial score (nSPS) is 18.3. The van der Waals surface area contributed by atoms with Crippen molar-refractivity contribution in [1.29, 1.82) is 0 Å². The monoisotopic (exact) mass is 167 g/mol. The number of aryl methyl sites for hydroxylation is 1. The van der Waals surface area contributed by atoms with Crippen molar-refractivity contribution in [2.24, 2.45) is 5.92 Å². The molecule has 1 aliphatic rings. The second-order valence-electron chi connectivity index (χ2n) is 3.24. The Morgan fingerprint density at radius 2 is 2.36 bits per heavy atom. The molecule has 0 unspecified atom stereocenters. The highest BCUT2D eigenvalue weighted by atomic mass is 32.1. The van der Waals surface area contributed by atoms with Gasteiger partial charge in [0, 0.05) is 9.75 Å². The summed E-state index contributed by atoms with van der Waals surface area (Å²) in [6.45, 7) is 4.61. The van der Waals surface area contributed by atoms with Gasteiger partial charge in [0.15, 0.2) is 0 Å². The topological polar surface area (TPSA) is 12.0 Å². The molecule has 2 heteroatoms. The van der Waals surface area contributed by atoms with E-state index in [4.69, 9.17) is 0 Å². The largest absolute Gasteiger partial charge is 0.316 e. The smallest absolute Gasteiger partial charge is 0.00517 e. The third-order valence-corrected chi connectivity index (χ3v) is 3.17. The summed E-state index contributed by atoms with van der Waals surface area (Å²) >= 11 is 1.94. The predicted molar refractivity (Wildman–Crippen MR) is 49.1 cm³/mol. The number of nitrogens with one attached hydrogen (secondary N) is 1. The highest BCUT2D eigenvalue weighted by Crippen LogP contribution is 2.20. The fourth-order valence-electron chi connectivity index (χ4n) is 1.37. The van der Waals surface area contributed by atoms with Crippen LogP contribution >= 0.6 is 11.3 Å². The Kier molecular flexibility index (Phi) is 1.96. The van der Waals surface area contributed by atoms with Gasteiger partial charge in [-0.15, -0.1) is 11.3 Å². The molecule has 0 radical (unpaired) electrons. The van der Waals surface area contributed by atoms with E-state index >= 15 is 0 Å². The first kappa shape index (κ1) is 7.32. The fourth-order valence-corrected chi connectivity index (χ4v) is 2.38. The van der Waals surface area contributed by atoms with Gasteiger partial charge in [0.1, 0.15) is 0 Å². The molecule has 2 rings (SSSR count). The lowest BCUT2D eigenvalue weighted by atomic mass is 9.99. The van der Waals surface area contributed by atoms with E-state index in [1.54, 1.807) is 4.88 Å². The van der Waals surface area contributed by atoms with E-state index < -0.39 is 0 Å². The third kappa shape index (κ3) is 1.63. The molecule has 0 aliphatic carbocycles. The van der Waals surface area contributed by atoms with Gasteiger partial charge >= 0.3 is 0 Å². The summed E-state index contributed by atoms with van der Waals surface area (Å²) in [5.41, 5.74) is 0. The molecule has 60 valence electrons. The van der Waals surface area contributed by atoms with Crippen LogP contribution in [0, 0.1) is 12.8 Å². The van der Waals surface area contributed by atoms with Crippen molar-refractivity contribution in [3.63, 3.8) is 0 Å². The summed E-state index contributed by atoms with van der Waals surface area (Å²) in [6, 6.07) is 4.48. The molecule has 0 atom stereocenters. The number of hydrogen-bond donors (Lipinski definition) is 1. The molecular weight excluding hydrogens is 154 g/mol. The van der Waals surface area contributed by atoms with Crippen LogP contribution in [0.15, 0.2) is 12.1 Å². The van der Waals surface area contributed by atoms with Gasteiger partial charge in [-0.25, -0.2) is 0 Å². The van der Waals surface area contributed by atoms with Crippen molar-refractivity contribution in [1.82, 2.24) is 5.32 Å². The van der Waals surface area contributed by atoms with Crippen LogP contribution in [0.25, 0.3) is 0 Å². The summed E-state index contributed by atoms with van der Waals surface area (Å²) in [7, 11) is 0. The first-order valence-electron chi connectivity index (χ1n) is 4.10. The van der Waals surface area contributed by atoms with E-state index in [0.29, 0.717) is 0 Å². The molecule has 1 saturated heterocycles. The summed E-state index contributed by atoms with van der Waals surface area (Å²) in [4.78, 5) is 2.99. The zero-order chi connectivity index (χ0) is 7.68. The molecule has 1 aromatic heterocycles. The molecule has 0 spiro atoms. The van der Waals surface area contributed by atoms with E-state index in [1.165, 1.54) is 24.4 Å². The van der Waals surface area contributed by atoms with Crippen LogP contribution in [-0.4, -0.2) is 13.1 Å². The van der Waals surface area contributed by atoms with Crippen molar-refractivity contribution < 1.29 is 0 Å². The summed E-state index contributed by atoms with van der Waals surface area (Å²) in [5, 5.41) is 3.29. The average molecular weight is 167 g/mol. The maximum atomic E-state index is 3.29. The Morgan fingerprint density at radius 3 is 2.82 bits per heavy atom. The lowest BCUT2D eigenvalue weighted by molar-refractivity contribution is 0.348. The van der Waals surface area contributed by atoms with Crippen molar-refractivity contribution in [2.75, 3.05) is 13.1 Å². The van der Waals surface area contributed by atoms with E-state index in [1.807, 2.05) is 11.3 Å². The number of thiophene rings is 1. The molecule has 1 aliphatic heterocycles. The Labute approximate surface area is 71.4 Å². The molecule has 1 fully saturated rings. The second kappa shape index (κ2) is 2.95. The SMILES string of the molecule is Cc1ccc(CC2CNC2)s1. The first-order valence-corrected chi connectivity index (χ1v) is 4.92. The van der Waals surface area contributed by atoms with Crippen LogP contribution < -0.4 is 5.32 Å². The Bertz CT molecular complexity index is 237. The van der Waals surface area contributed by atoms with Crippen LogP contribution in [-0.2, 0) is 6.42 Å². The highest BCUT2D eigenvalue weighted by Gasteiger charge is 2.17. The van der Waals surface area contributed by atoms with E-state index in [2.05, 4.69) is 24.4 Å². The first-order chi connectivity index (χ1) is 5.34. The van der Waals surface area contributed by atoms with Crippen LogP contribution in [0.3, 0.4) is 0 Å². The molecule has 0 saturated carbocycles. The molecule has 0 bridgehead atoms. The van der Waals surface area contributed by atoms with Crippen molar-refractivity contribution in [3.05, 3.63) is 21.9 Å². The van der Waals surface area contributed by atoms with Gasteiger partial charge in [0.05, 0.1) is 0 Å². The van der Waals surface area contributed by atoms with Crippen LogP contribution in [0.1, 0.15) is 9.75 Å². The molecular formula is C9H13NS. The fraction of sp³-hybridized carbons (Fsp3) is 0.556. The summed E-state index contributed by atoms with van der Waals surface area (Å²) in [6.07, 6.45) is 1.28. The molecule has 2 heterocycles. The van der Waals surface area contributed by atoms with Crippen LogP contribution in [0.5, 0.6) is 0 Å². The summed E-state index contributed by atoms with van der Waals surface area (Å²) < 4.78 is 0. The summed E-state index contributed by atoms with van der Waals surface area (Å²) in [5.74, 6) is 0.910. The van der Waals surface area contributed by atoms with Gasteiger partial charge in [-0.1, -0.05) is 0 Å². The third-order valence-electron chi connectivity index (χ3n) is 2.15. The Hall–Kier alpha value is -0.340. The van der Waals surface area contributed by atoms with Gasteiger partial charge < -0.3 is 5.32 Å². The van der Waals surface area contributed by atoms with Gasteiger partial charge in [0.25, 0.3) is 0 Å². The minimum Gasteiger partial charge on any atom is -0.316 e. The Balaban J connectivity index is 1.95. The molecule has 1 nitrogen and oxygen atoms in total. The van der Waals surface area contributed by atoms with Crippen molar-refractivity contribution >= 4 is 11.3 Å². The average Bonchev–Trinajstić information content (AvgIpc) is 2.27. The van der Waals surface area contributed by atoms with Gasteiger partial charge in [-0.2, -0.15) is 0 Å². The van der Waals surface area contributed by atoms with E-state index in [0.717, 1.165) is 5.92 Å². The molecule has 0 aromatic carbocycles. The van der Waals surface area contributed by atoms with Crippen molar-refractivity contribution in [2.45, 2.75) is 13.3 Å². The lowest BCUT2D eigenvalue weighted by Crippen LogP contribution is -2.42. The molecule has 0 amide bonds.